The largest absolute Gasteiger partial charge is 0.303 e. The van der Waals surface area contributed by atoms with Gasteiger partial charge in [-0.15, -0.1) is 0 Å². The summed E-state index contributed by atoms with van der Waals surface area (Å²) >= 11 is 0. The van der Waals surface area contributed by atoms with Gasteiger partial charge in [-0.1, -0.05) is 36.4 Å². The SMILES string of the molecule is O=C(Nn1cccc1)c1ccc2c(c1)CCC(CCN1CCC(c3ccccc3)CC1)C2=O. The monoisotopic (exact) mass is 441 g/mol. The van der Waals surface area contributed by atoms with Crippen LogP contribution in [-0.2, 0) is 6.42 Å². The lowest BCUT2D eigenvalue weighted by molar-refractivity contribution is 0.0876. The summed E-state index contributed by atoms with van der Waals surface area (Å²) in [6, 6.07) is 20.1. The van der Waals surface area contributed by atoms with E-state index in [2.05, 4.69) is 40.7 Å². The first-order valence-electron chi connectivity index (χ1n) is 12.1. The van der Waals surface area contributed by atoms with Crippen LogP contribution >= 0.6 is 0 Å². The van der Waals surface area contributed by atoms with Crippen LogP contribution in [0, 0.1) is 5.92 Å². The summed E-state index contributed by atoms with van der Waals surface area (Å²) in [4.78, 5) is 28.2. The quantitative estimate of drug-likeness (QED) is 0.593. The van der Waals surface area contributed by atoms with Crippen LogP contribution in [0.25, 0.3) is 0 Å². The van der Waals surface area contributed by atoms with Gasteiger partial charge in [0.15, 0.2) is 5.78 Å². The second-order valence-electron chi connectivity index (χ2n) is 9.32. The standard InChI is InChI=1S/C28H31N3O2/c32-27-23(14-19-30-17-12-22(13-18-30)21-6-2-1-3-7-21)8-9-24-20-25(10-11-26(24)27)28(33)29-31-15-4-5-16-31/h1-7,10-11,15-16,20,22-23H,8-9,12-14,17-19H2,(H,29,33). The van der Waals surface area contributed by atoms with Crippen molar-refractivity contribution in [2.75, 3.05) is 25.1 Å². The second-order valence-corrected chi connectivity index (χ2v) is 9.32. The van der Waals surface area contributed by atoms with Crippen molar-refractivity contribution in [2.24, 2.45) is 5.92 Å². The highest BCUT2D eigenvalue weighted by atomic mass is 16.2. The third kappa shape index (κ3) is 4.93. The van der Waals surface area contributed by atoms with Crippen molar-refractivity contribution in [2.45, 2.75) is 38.0 Å². The van der Waals surface area contributed by atoms with Crippen LogP contribution in [0.4, 0.5) is 0 Å². The highest BCUT2D eigenvalue weighted by molar-refractivity contribution is 6.04. The summed E-state index contributed by atoms with van der Waals surface area (Å²) in [5.41, 5.74) is 6.67. The lowest BCUT2D eigenvalue weighted by atomic mass is 9.80. The van der Waals surface area contributed by atoms with E-state index in [1.54, 1.807) is 23.1 Å². The molecule has 2 aliphatic rings. The Balaban J connectivity index is 1.14. The molecule has 1 atom stereocenters. The molecule has 0 bridgehead atoms. The van der Waals surface area contributed by atoms with Gasteiger partial charge in [0.25, 0.3) is 5.91 Å². The van der Waals surface area contributed by atoms with Gasteiger partial charge in [-0.3, -0.25) is 19.7 Å². The Morgan fingerprint density at radius 2 is 1.70 bits per heavy atom. The number of carbonyl (C=O) groups excluding carboxylic acids is 2. The summed E-state index contributed by atoms with van der Waals surface area (Å²) < 4.78 is 1.63. The molecule has 1 aromatic heterocycles. The highest BCUT2D eigenvalue weighted by Crippen LogP contribution is 2.31. The molecule has 2 heterocycles. The maximum Gasteiger partial charge on any atom is 0.270 e. The van der Waals surface area contributed by atoms with Gasteiger partial charge in [0.2, 0.25) is 0 Å². The minimum absolute atomic E-state index is 0.0869. The Morgan fingerprint density at radius 3 is 2.45 bits per heavy atom. The number of nitrogens with one attached hydrogen (secondary N) is 1. The van der Waals surface area contributed by atoms with Crippen LogP contribution in [0.5, 0.6) is 0 Å². The normalized spacial score (nSPS) is 19.3. The minimum Gasteiger partial charge on any atom is -0.303 e. The average molecular weight is 442 g/mol. The first kappa shape index (κ1) is 21.7. The number of nitrogens with zero attached hydrogens (tertiary/aromatic N) is 2. The van der Waals surface area contributed by atoms with Gasteiger partial charge in [0, 0.05) is 29.4 Å². The van der Waals surface area contributed by atoms with Gasteiger partial charge < -0.3 is 4.90 Å². The molecule has 0 saturated carbocycles. The second kappa shape index (κ2) is 9.75. The number of ketones is 1. The van der Waals surface area contributed by atoms with Crippen molar-refractivity contribution in [3.63, 3.8) is 0 Å². The zero-order valence-corrected chi connectivity index (χ0v) is 19.0. The highest BCUT2D eigenvalue weighted by Gasteiger charge is 2.29. The predicted molar refractivity (Wildman–Crippen MR) is 130 cm³/mol. The average Bonchev–Trinajstić information content (AvgIpc) is 3.37. The molecular weight excluding hydrogens is 410 g/mol. The molecule has 1 unspecified atom stereocenters. The van der Waals surface area contributed by atoms with E-state index in [4.69, 9.17) is 0 Å². The number of aryl methyl sites for hydroxylation is 1. The Bertz CT molecular complexity index is 1100. The molecule has 33 heavy (non-hydrogen) atoms. The smallest absolute Gasteiger partial charge is 0.270 e. The molecular formula is C28H31N3O2. The lowest BCUT2D eigenvalue weighted by Crippen LogP contribution is -2.35. The van der Waals surface area contributed by atoms with Crippen molar-refractivity contribution in [3.8, 4) is 0 Å². The topological polar surface area (TPSA) is 54.3 Å². The number of hydrogen-bond acceptors (Lipinski definition) is 3. The summed E-state index contributed by atoms with van der Waals surface area (Å²) in [6.07, 6.45) is 8.60. The molecule has 1 N–H and O–H groups in total. The Kier molecular flexibility index (Phi) is 6.40. The van der Waals surface area contributed by atoms with E-state index in [9.17, 15) is 9.59 Å². The molecule has 5 nitrogen and oxygen atoms in total. The summed E-state index contributed by atoms with van der Waals surface area (Å²) in [5, 5.41) is 0. The van der Waals surface area contributed by atoms with Crippen molar-refractivity contribution in [1.29, 1.82) is 0 Å². The summed E-state index contributed by atoms with van der Waals surface area (Å²) in [7, 11) is 0. The molecule has 1 saturated heterocycles. The van der Waals surface area contributed by atoms with Gasteiger partial charge in [-0.25, -0.2) is 0 Å². The molecule has 1 fully saturated rings. The van der Waals surface area contributed by atoms with Crippen molar-refractivity contribution in [1.82, 2.24) is 9.58 Å². The Labute approximate surface area is 195 Å². The number of aromatic nitrogens is 1. The van der Waals surface area contributed by atoms with Crippen LogP contribution in [0.3, 0.4) is 0 Å². The van der Waals surface area contributed by atoms with Gasteiger partial charge >= 0.3 is 0 Å². The molecule has 1 amide bonds. The van der Waals surface area contributed by atoms with Crippen molar-refractivity contribution in [3.05, 3.63) is 95.3 Å². The summed E-state index contributed by atoms with van der Waals surface area (Å²) in [5.74, 6) is 0.828. The fourth-order valence-electron chi connectivity index (χ4n) is 5.28. The van der Waals surface area contributed by atoms with E-state index in [1.165, 1.54) is 18.4 Å². The van der Waals surface area contributed by atoms with Crippen molar-refractivity contribution >= 4 is 11.7 Å². The first-order valence-corrected chi connectivity index (χ1v) is 12.1. The molecule has 3 aromatic rings. The molecule has 0 spiro atoms. The number of benzene rings is 2. The number of rotatable bonds is 6. The van der Waals surface area contributed by atoms with Crippen LogP contribution in [0.2, 0.25) is 0 Å². The number of likely N-dealkylation sites (tertiary alicyclic amines) is 1. The molecule has 5 rings (SSSR count). The Morgan fingerprint density at radius 1 is 0.939 bits per heavy atom. The molecule has 0 radical (unpaired) electrons. The Hall–Kier alpha value is -3.18. The zero-order chi connectivity index (χ0) is 22.6. The van der Waals surface area contributed by atoms with Crippen LogP contribution in [0.1, 0.15) is 63.4 Å². The first-order chi connectivity index (χ1) is 16.2. The third-order valence-electron chi connectivity index (χ3n) is 7.25. The van der Waals surface area contributed by atoms with E-state index in [0.717, 1.165) is 50.0 Å². The lowest BCUT2D eigenvalue weighted by Gasteiger charge is -2.33. The van der Waals surface area contributed by atoms with E-state index in [1.807, 2.05) is 24.3 Å². The number of amides is 1. The number of fused-ring (bicyclic) bond motifs is 1. The van der Waals surface area contributed by atoms with Crippen LogP contribution < -0.4 is 5.43 Å². The minimum atomic E-state index is -0.164. The van der Waals surface area contributed by atoms with Crippen LogP contribution in [-0.4, -0.2) is 40.9 Å². The van der Waals surface area contributed by atoms with Gasteiger partial charge in [-0.05, 0) is 93.0 Å². The predicted octanol–water partition coefficient (Wildman–Crippen LogP) is 4.89. The molecule has 1 aliphatic carbocycles. The van der Waals surface area contributed by atoms with Crippen LogP contribution in [0.15, 0.2) is 73.1 Å². The van der Waals surface area contributed by atoms with E-state index < -0.39 is 0 Å². The van der Waals surface area contributed by atoms with E-state index in [-0.39, 0.29) is 17.6 Å². The van der Waals surface area contributed by atoms with E-state index >= 15 is 0 Å². The number of carbonyl (C=O) groups is 2. The van der Waals surface area contributed by atoms with Gasteiger partial charge in [0.1, 0.15) is 0 Å². The summed E-state index contributed by atoms with van der Waals surface area (Å²) in [6.45, 7) is 3.21. The molecule has 170 valence electrons. The molecule has 5 heteroatoms. The number of Topliss-reactive ketones (excluding diaryl/α,β-unsaturated/α-hetero) is 1. The fourth-order valence-corrected chi connectivity index (χ4v) is 5.28. The van der Waals surface area contributed by atoms with E-state index in [0.29, 0.717) is 11.5 Å². The molecule has 2 aromatic carbocycles. The van der Waals surface area contributed by atoms with Gasteiger partial charge in [-0.2, -0.15) is 0 Å². The zero-order valence-electron chi connectivity index (χ0n) is 19.0. The maximum atomic E-state index is 13.1. The maximum absolute atomic E-state index is 13.1. The third-order valence-corrected chi connectivity index (χ3v) is 7.25. The number of piperidine rings is 1. The fraction of sp³-hybridized carbons (Fsp3) is 0.357. The number of hydrogen-bond donors (Lipinski definition) is 1. The van der Waals surface area contributed by atoms with Gasteiger partial charge in [0.05, 0.1) is 0 Å². The van der Waals surface area contributed by atoms with Crippen molar-refractivity contribution < 1.29 is 9.59 Å². The molecule has 1 aliphatic heterocycles.